The van der Waals surface area contributed by atoms with Crippen LogP contribution < -0.4 is 16.8 Å². The third-order valence-electron chi connectivity index (χ3n) is 3.27. The van der Waals surface area contributed by atoms with Crippen molar-refractivity contribution >= 4 is 5.91 Å². The highest BCUT2D eigenvalue weighted by Crippen LogP contribution is 2.29. The van der Waals surface area contributed by atoms with E-state index in [9.17, 15) is 4.79 Å². The molecular formula is C10H20N4O. The van der Waals surface area contributed by atoms with Crippen molar-refractivity contribution in [1.82, 2.24) is 10.2 Å². The van der Waals surface area contributed by atoms with Gasteiger partial charge in [0.25, 0.3) is 0 Å². The van der Waals surface area contributed by atoms with E-state index in [0.717, 1.165) is 19.0 Å². The summed E-state index contributed by atoms with van der Waals surface area (Å²) in [6.45, 7) is 2.77. The van der Waals surface area contributed by atoms with E-state index < -0.39 is 11.9 Å². The maximum Gasteiger partial charge on any atom is 0.235 e. The predicted molar refractivity (Wildman–Crippen MR) is 58.2 cm³/mol. The lowest BCUT2D eigenvalue weighted by Gasteiger charge is -2.17. The molecule has 1 aliphatic carbocycles. The smallest absolute Gasteiger partial charge is 0.235 e. The van der Waals surface area contributed by atoms with Crippen LogP contribution in [0.25, 0.3) is 0 Å². The van der Waals surface area contributed by atoms with Crippen molar-refractivity contribution in [1.29, 1.82) is 0 Å². The van der Waals surface area contributed by atoms with Gasteiger partial charge in [-0.15, -0.1) is 0 Å². The second kappa shape index (κ2) is 4.47. The largest absolute Gasteiger partial charge is 0.368 e. The van der Waals surface area contributed by atoms with Crippen LogP contribution in [0.4, 0.5) is 0 Å². The predicted octanol–water partition coefficient (Wildman–Crippen LogP) is -1.37. The van der Waals surface area contributed by atoms with Gasteiger partial charge in [0, 0.05) is 31.7 Å². The molecule has 2 unspecified atom stereocenters. The maximum absolute atomic E-state index is 10.7. The van der Waals surface area contributed by atoms with E-state index in [-0.39, 0.29) is 0 Å². The molecule has 0 spiro atoms. The third kappa shape index (κ3) is 2.90. The number of hydrogen-bond donors (Lipinski definition) is 3. The zero-order valence-electron chi connectivity index (χ0n) is 8.98. The lowest BCUT2D eigenvalue weighted by Crippen LogP contribution is -2.47. The number of carbonyl (C=O) groups is 1. The van der Waals surface area contributed by atoms with E-state index in [1.807, 2.05) is 0 Å². The number of nitrogens with two attached hydrogens (primary N) is 2. The van der Waals surface area contributed by atoms with E-state index in [1.54, 1.807) is 0 Å². The number of likely N-dealkylation sites (tertiary alicyclic amines) is 1. The zero-order valence-corrected chi connectivity index (χ0v) is 8.98. The molecule has 2 aliphatic rings. The molecule has 2 atom stereocenters. The lowest BCUT2D eigenvalue weighted by atomic mass is 10.2. The second-order valence-corrected chi connectivity index (χ2v) is 4.63. The van der Waals surface area contributed by atoms with Crippen molar-refractivity contribution in [2.75, 3.05) is 19.6 Å². The molecule has 1 amide bonds. The molecule has 1 saturated heterocycles. The summed E-state index contributed by atoms with van der Waals surface area (Å²) in [5, 5.41) is 3.31. The molecule has 86 valence electrons. The minimum atomic E-state index is -0.556. The van der Waals surface area contributed by atoms with Crippen molar-refractivity contribution in [3.8, 4) is 0 Å². The Morgan fingerprint density at radius 3 is 2.80 bits per heavy atom. The molecule has 0 radical (unpaired) electrons. The first kappa shape index (κ1) is 10.9. The normalized spacial score (nSPS) is 29.3. The molecular weight excluding hydrogens is 192 g/mol. The number of nitrogens with one attached hydrogen (secondary N) is 1. The minimum Gasteiger partial charge on any atom is -0.368 e. The van der Waals surface area contributed by atoms with Gasteiger partial charge in [0.1, 0.15) is 0 Å². The Bertz CT molecular complexity index is 242. The molecule has 0 aromatic carbocycles. The van der Waals surface area contributed by atoms with Gasteiger partial charge in [0.15, 0.2) is 0 Å². The Kier molecular flexibility index (Phi) is 3.23. The molecule has 1 heterocycles. The molecule has 0 aromatic heterocycles. The van der Waals surface area contributed by atoms with E-state index in [0.29, 0.717) is 12.6 Å². The Morgan fingerprint density at radius 1 is 1.47 bits per heavy atom. The highest BCUT2D eigenvalue weighted by Gasteiger charge is 2.34. The number of amides is 1. The fourth-order valence-electron chi connectivity index (χ4n) is 2.12. The van der Waals surface area contributed by atoms with Crippen molar-refractivity contribution in [3.05, 3.63) is 0 Å². The summed E-state index contributed by atoms with van der Waals surface area (Å²) >= 11 is 0. The summed E-state index contributed by atoms with van der Waals surface area (Å²) < 4.78 is 0. The molecule has 0 aromatic rings. The molecule has 5 N–H and O–H groups in total. The van der Waals surface area contributed by atoms with E-state index >= 15 is 0 Å². The van der Waals surface area contributed by atoms with Crippen molar-refractivity contribution in [2.45, 2.75) is 37.4 Å². The average molecular weight is 212 g/mol. The van der Waals surface area contributed by atoms with E-state index in [4.69, 9.17) is 11.5 Å². The van der Waals surface area contributed by atoms with Crippen molar-refractivity contribution in [2.24, 2.45) is 11.5 Å². The van der Waals surface area contributed by atoms with Crippen LogP contribution in [0.1, 0.15) is 19.3 Å². The van der Waals surface area contributed by atoms with Gasteiger partial charge in [-0.2, -0.15) is 0 Å². The summed E-state index contributed by atoms with van der Waals surface area (Å²) in [7, 11) is 0. The Labute approximate surface area is 90.2 Å². The van der Waals surface area contributed by atoms with Crippen LogP contribution in [0, 0.1) is 0 Å². The van der Waals surface area contributed by atoms with Crippen LogP contribution in [0.2, 0.25) is 0 Å². The lowest BCUT2D eigenvalue weighted by molar-refractivity contribution is -0.119. The molecule has 2 rings (SSSR count). The molecule has 15 heavy (non-hydrogen) atoms. The van der Waals surface area contributed by atoms with Crippen LogP contribution in [0.5, 0.6) is 0 Å². The summed E-state index contributed by atoms with van der Waals surface area (Å²) in [5.74, 6) is -0.431. The van der Waals surface area contributed by atoms with Crippen molar-refractivity contribution in [3.63, 3.8) is 0 Å². The highest BCUT2D eigenvalue weighted by molar-refractivity contribution is 5.79. The first-order valence-electron chi connectivity index (χ1n) is 5.69. The number of carbonyl (C=O) groups excluding carboxylic acids is 1. The third-order valence-corrected chi connectivity index (χ3v) is 3.27. The first-order chi connectivity index (χ1) is 7.16. The van der Waals surface area contributed by atoms with Gasteiger partial charge in [-0.3, -0.25) is 9.69 Å². The van der Waals surface area contributed by atoms with Gasteiger partial charge >= 0.3 is 0 Å². The number of nitrogens with zero attached hydrogens (tertiary/aromatic N) is 1. The van der Waals surface area contributed by atoms with Crippen molar-refractivity contribution < 1.29 is 4.79 Å². The van der Waals surface area contributed by atoms with Gasteiger partial charge < -0.3 is 16.8 Å². The summed E-state index contributed by atoms with van der Waals surface area (Å²) in [6.07, 6.45) is 3.86. The fourth-order valence-corrected chi connectivity index (χ4v) is 2.12. The molecule has 0 bridgehead atoms. The molecule has 1 saturated carbocycles. The fraction of sp³-hybridized carbons (Fsp3) is 0.900. The van der Waals surface area contributed by atoms with E-state index in [2.05, 4.69) is 10.2 Å². The molecule has 2 fully saturated rings. The van der Waals surface area contributed by atoms with Gasteiger partial charge in [0.05, 0.1) is 6.04 Å². The first-order valence-corrected chi connectivity index (χ1v) is 5.69. The Hall–Kier alpha value is -0.650. The van der Waals surface area contributed by atoms with Crippen LogP contribution in [0.15, 0.2) is 0 Å². The van der Waals surface area contributed by atoms with Crippen LogP contribution in [-0.2, 0) is 4.79 Å². The Morgan fingerprint density at radius 2 is 2.20 bits per heavy atom. The molecule has 5 nitrogen and oxygen atoms in total. The topological polar surface area (TPSA) is 84.4 Å². The van der Waals surface area contributed by atoms with Gasteiger partial charge in [-0.1, -0.05) is 0 Å². The molecule has 1 aliphatic heterocycles. The number of primary amides is 1. The minimum absolute atomic E-state index is 0.431. The number of rotatable bonds is 5. The highest BCUT2D eigenvalue weighted by atomic mass is 16.1. The summed E-state index contributed by atoms with van der Waals surface area (Å²) in [6, 6.07) is 0.762. The maximum atomic E-state index is 10.7. The van der Waals surface area contributed by atoms with Gasteiger partial charge in [-0.25, -0.2) is 0 Å². The standard InChI is InChI=1S/C10H20N4O/c11-9(10(12)15)5-13-7-3-4-14(6-7)8-1-2-8/h7-9,13H,1-6,11H2,(H2,12,15). The zero-order chi connectivity index (χ0) is 10.8. The molecule has 5 heteroatoms. The summed E-state index contributed by atoms with van der Waals surface area (Å²) in [5.41, 5.74) is 10.6. The van der Waals surface area contributed by atoms with Crippen LogP contribution in [-0.4, -0.2) is 48.6 Å². The van der Waals surface area contributed by atoms with Gasteiger partial charge in [-0.05, 0) is 19.3 Å². The van der Waals surface area contributed by atoms with E-state index in [1.165, 1.54) is 19.4 Å². The van der Waals surface area contributed by atoms with Crippen LogP contribution >= 0.6 is 0 Å². The SMILES string of the molecule is NC(=O)C(N)CNC1CCN(C2CC2)C1. The van der Waals surface area contributed by atoms with Crippen LogP contribution in [0.3, 0.4) is 0 Å². The Balaban J connectivity index is 1.65. The second-order valence-electron chi connectivity index (χ2n) is 4.63. The average Bonchev–Trinajstić information content (AvgIpc) is 2.95. The summed E-state index contributed by atoms with van der Waals surface area (Å²) in [4.78, 5) is 13.3. The number of hydrogen-bond acceptors (Lipinski definition) is 4. The van der Waals surface area contributed by atoms with Gasteiger partial charge in [0.2, 0.25) is 5.91 Å². The quantitative estimate of drug-likeness (QED) is 0.525. The monoisotopic (exact) mass is 212 g/mol.